The van der Waals surface area contributed by atoms with E-state index in [1.54, 1.807) is 0 Å². The average molecular weight is 197 g/mol. The lowest BCUT2D eigenvalue weighted by atomic mass is 9.91. The van der Waals surface area contributed by atoms with Gasteiger partial charge >= 0.3 is 0 Å². The molecule has 0 heterocycles. The van der Waals surface area contributed by atoms with Gasteiger partial charge in [0, 0.05) is 24.3 Å². The molecule has 1 fully saturated rings. The van der Waals surface area contributed by atoms with Crippen molar-refractivity contribution in [2.75, 3.05) is 0 Å². The molecule has 0 aromatic heterocycles. The highest BCUT2D eigenvalue weighted by atomic mass is 16.2. The molecule has 0 unspecified atom stereocenters. The largest absolute Gasteiger partial charge is 0.352 e. The molecule has 1 saturated carbocycles. The Kier molecular flexibility index (Phi) is 3.29. The molecule has 3 heteroatoms. The predicted octanol–water partition coefficient (Wildman–Crippen LogP) is 1.66. The summed E-state index contributed by atoms with van der Waals surface area (Å²) < 4.78 is 0. The number of rotatable bonds is 1. The van der Waals surface area contributed by atoms with Crippen LogP contribution in [0.25, 0.3) is 0 Å². The molecule has 1 rings (SSSR count). The lowest BCUT2D eigenvalue weighted by Crippen LogP contribution is -2.43. The van der Waals surface area contributed by atoms with E-state index in [4.69, 9.17) is 0 Å². The zero-order valence-corrected chi connectivity index (χ0v) is 9.22. The molecule has 14 heavy (non-hydrogen) atoms. The normalized spacial score (nSPS) is 23.4. The Balaban J connectivity index is 2.44. The zero-order valence-electron chi connectivity index (χ0n) is 9.22. The highest BCUT2D eigenvalue weighted by Crippen LogP contribution is 2.18. The van der Waals surface area contributed by atoms with Gasteiger partial charge in [0.2, 0.25) is 5.91 Å². The molecular formula is C11H19NO2. The van der Waals surface area contributed by atoms with E-state index in [1.807, 2.05) is 20.8 Å². The van der Waals surface area contributed by atoms with Crippen molar-refractivity contribution >= 4 is 11.7 Å². The molecule has 0 bridgehead atoms. The van der Waals surface area contributed by atoms with Gasteiger partial charge in [0.15, 0.2) is 0 Å². The van der Waals surface area contributed by atoms with Gasteiger partial charge in [-0.25, -0.2) is 0 Å². The summed E-state index contributed by atoms with van der Waals surface area (Å²) in [6.45, 7) is 5.65. The van der Waals surface area contributed by atoms with Crippen molar-refractivity contribution < 1.29 is 9.59 Å². The summed E-state index contributed by atoms with van der Waals surface area (Å²) >= 11 is 0. The van der Waals surface area contributed by atoms with E-state index >= 15 is 0 Å². The third kappa shape index (κ3) is 3.13. The topological polar surface area (TPSA) is 46.2 Å². The Hall–Kier alpha value is -0.860. The number of amides is 1. The highest BCUT2D eigenvalue weighted by Gasteiger charge is 2.26. The number of hydrogen-bond acceptors (Lipinski definition) is 2. The first-order valence-corrected chi connectivity index (χ1v) is 5.22. The molecule has 0 aliphatic heterocycles. The van der Waals surface area contributed by atoms with Crippen LogP contribution in [-0.2, 0) is 9.59 Å². The van der Waals surface area contributed by atoms with E-state index in [1.165, 1.54) is 0 Å². The van der Waals surface area contributed by atoms with Crippen LogP contribution >= 0.6 is 0 Å². The van der Waals surface area contributed by atoms with E-state index in [0.29, 0.717) is 12.8 Å². The average Bonchev–Trinajstić information content (AvgIpc) is 2.02. The third-order valence-electron chi connectivity index (χ3n) is 2.50. The van der Waals surface area contributed by atoms with Gasteiger partial charge in [-0.2, -0.15) is 0 Å². The van der Waals surface area contributed by atoms with Crippen molar-refractivity contribution in [3.8, 4) is 0 Å². The fourth-order valence-electron chi connectivity index (χ4n) is 1.55. The molecule has 0 aromatic rings. The minimum absolute atomic E-state index is 0.0391. The quantitative estimate of drug-likeness (QED) is 0.695. The first-order chi connectivity index (χ1) is 6.39. The van der Waals surface area contributed by atoms with Crippen LogP contribution in [0.15, 0.2) is 0 Å². The summed E-state index contributed by atoms with van der Waals surface area (Å²) in [7, 11) is 0. The molecule has 1 N–H and O–H groups in total. The molecule has 80 valence electrons. The second-order valence-corrected chi connectivity index (χ2v) is 5.06. The number of hydrogen-bond donors (Lipinski definition) is 1. The van der Waals surface area contributed by atoms with Crippen LogP contribution in [0.4, 0.5) is 0 Å². The Labute approximate surface area is 85.3 Å². The van der Waals surface area contributed by atoms with Crippen molar-refractivity contribution in [1.29, 1.82) is 0 Å². The van der Waals surface area contributed by atoms with Gasteiger partial charge in [-0.1, -0.05) is 20.8 Å². The lowest BCUT2D eigenvalue weighted by molar-refractivity contribution is -0.130. The van der Waals surface area contributed by atoms with E-state index in [0.717, 1.165) is 12.8 Å². The maximum absolute atomic E-state index is 11.6. The maximum atomic E-state index is 11.6. The minimum Gasteiger partial charge on any atom is -0.352 e. The highest BCUT2D eigenvalue weighted by molar-refractivity contribution is 5.84. The van der Waals surface area contributed by atoms with Gasteiger partial charge in [-0.15, -0.1) is 0 Å². The van der Waals surface area contributed by atoms with Crippen molar-refractivity contribution in [3.63, 3.8) is 0 Å². The second-order valence-electron chi connectivity index (χ2n) is 5.06. The minimum atomic E-state index is -0.361. The van der Waals surface area contributed by atoms with Crippen LogP contribution in [0, 0.1) is 5.41 Å². The molecule has 1 aliphatic rings. The SMILES string of the molecule is CC(C)(C)C(=O)N[C@H]1CCCC(=O)C1. The molecule has 0 aromatic carbocycles. The molecule has 0 saturated heterocycles. The smallest absolute Gasteiger partial charge is 0.225 e. The number of ketones is 1. The van der Waals surface area contributed by atoms with E-state index in [2.05, 4.69) is 5.32 Å². The van der Waals surface area contributed by atoms with E-state index < -0.39 is 0 Å². The molecule has 1 aliphatic carbocycles. The van der Waals surface area contributed by atoms with Crippen LogP contribution in [0.5, 0.6) is 0 Å². The van der Waals surface area contributed by atoms with Gasteiger partial charge in [0.05, 0.1) is 0 Å². The standard InChI is InChI=1S/C11H19NO2/c1-11(2,3)10(14)12-8-5-4-6-9(13)7-8/h8H,4-7H2,1-3H3,(H,12,14)/t8-/m0/s1. The lowest BCUT2D eigenvalue weighted by Gasteiger charge is -2.26. The van der Waals surface area contributed by atoms with E-state index in [9.17, 15) is 9.59 Å². The number of Topliss-reactive ketones (excluding diaryl/α,β-unsaturated/α-hetero) is 1. The van der Waals surface area contributed by atoms with Gasteiger partial charge in [0.1, 0.15) is 5.78 Å². The van der Waals surface area contributed by atoms with Crippen LogP contribution < -0.4 is 5.32 Å². The molecule has 1 amide bonds. The van der Waals surface area contributed by atoms with Gasteiger partial charge in [-0.3, -0.25) is 9.59 Å². The van der Waals surface area contributed by atoms with Gasteiger partial charge in [-0.05, 0) is 12.8 Å². The van der Waals surface area contributed by atoms with Gasteiger partial charge < -0.3 is 5.32 Å². The first-order valence-electron chi connectivity index (χ1n) is 5.22. The Morgan fingerprint density at radius 2 is 2.07 bits per heavy atom. The van der Waals surface area contributed by atoms with Crippen LogP contribution in [0.2, 0.25) is 0 Å². The molecule has 3 nitrogen and oxygen atoms in total. The molecular weight excluding hydrogens is 178 g/mol. The molecule has 1 atom stereocenters. The van der Waals surface area contributed by atoms with Crippen LogP contribution in [-0.4, -0.2) is 17.7 Å². The summed E-state index contributed by atoms with van der Waals surface area (Å²) in [6.07, 6.45) is 3.05. The fourth-order valence-corrected chi connectivity index (χ4v) is 1.55. The van der Waals surface area contributed by atoms with E-state index in [-0.39, 0.29) is 23.1 Å². The van der Waals surface area contributed by atoms with Gasteiger partial charge in [0.25, 0.3) is 0 Å². The summed E-state index contributed by atoms with van der Waals surface area (Å²) in [6, 6.07) is 0.0722. The monoisotopic (exact) mass is 197 g/mol. The van der Waals surface area contributed by atoms with Crippen molar-refractivity contribution in [2.24, 2.45) is 5.41 Å². The number of carbonyl (C=O) groups is 2. The molecule has 0 spiro atoms. The summed E-state index contributed by atoms with van der Waals surface area (Å²) in [5, 5.41) is 2.93. The fraction of sp³-hybridized carbons (Fsp3) is 0.818. The van der Waals surface area contributed by atoms with Crippen molar-refractivity contribution in [3.05, 3.63) is 0 Å². The Bertz CT molecular complexity index is 240. The zero-order chi connectivity index (χ0) is 10.8. The Morgan fingerprint density at radius 3 is 2.57 bits per heavy atom. The first kappa shape index (κ1) is 11.2. The van der Waals surface area contributed by atoms with Crippen molar-refractivity contribution in [1.82, 2.24) is 5.32 Å². The second kappa shape index (κ2) is 4.11. The summed E-state index contributed by atoms with van der Waals surface area (Å²) in [4.78, 5) is 22.8. The summed E-state index contributed by atoms with van der Waals surface area (Å²) in [5.74, 6) is 0.313. The van der Waals surface area contributed by atoms with Crippen LogP contribution in [0.1, 0.15) is 46.5 Å². The maximum Gasteiger partial charge on any atom is 0.225 e. The molecule has 0 radical (unpaired) electrons. The predicted molar refractivity (Wildman–Crippen MR) is 54.9 cm³/mol. The summed E-state index contributed by atoms with van der Waals surface area (Å²) in [5.41, 5.74) is -0.361. The Morgan fingerprint density at radius 1 is 1.43 bits per heavy atom. The number of carbonyl (C=O) groups excluding carboxylic acids is 2. The number of nitrogens with one attached hydrogen (secondary N) is 1. The van der Waals surface area contributed by atoms with Crippen molar-refractivity contribution in [2.45, 2.75) is 52.5 Å². The van der Waals surface area contributed by atoms with Crippen LogP contribution in [0.3, 0.4) is 0 Å². The third-order valence-corrected chi connectivity index (χ3v) is 2.50.